The molecule has 96 valence electrons. The van der Waals surface area contributed by atoms with Crippen LogP contribution in [0.3, 0.4) is 0 Å². The van der Waals surface area contributed by atoms with Crippen molar-refractivity contribution in [3.05, 3.63) is 23.7 Å². The van der Waals surface area contributed by atoms with Gasteiger partial charge in [0.25, 0.3) is 0 Å². The lowest BCUT2D eigenvalue weighted by molar-refractivity contribution is 0.238. The minimum absolute atomic E-state index is 0.291. The van der Waals surface area contributed by atoms with Gasteiger partial charge in [-0.2, -0.15) is 0 Å². The molecule has 2 heterocycles. The molecule has 0 unspecified atom stereocenters. The first kappa shape index (κ1) is 11.7. The van der Waals surface area contributed by atoms with Gasteiger partial charge in [-0.25, -0.2) is 9.97 Å². The number of nitrogens with one attached hydrogen (secondary N) is 1. The molecule has 0 spiro atoms. The number of hydrogen-bond donors (Lipinski definition) is 2. The molecule has 1 saturated carbocycles. The van der Waals surface area contributed by atoms with Crippen molar-refractivity contribution in [3.63, 3.8) is 0 Å². The average Bonchev–Trinajstić information content (AvgIpc) is 2.77. The van der Waals surface area contributed by atoms with E-state index in [4.69, 9.17) is 5.73 Å². The number of H-pyrrole nitrogens is 1. The van der Waals surface area contributed by atoms with Gasteiger partial charge in [0.1, 0.15) is 5.82 Å². The van der Waals surface area contributed by atoms with Crippen LogP contribution in [0, 0.1) is 12.8 Å². The molecule has 2 aromatic rings. The van der Waals surface area contributed by atoms with Crippen LogP contribution in [0.15, 0.2) is 12.1 Å². The number of hydrogen-bond acceptors (Lipinski definition) is 3. The molecule has 4 heteroatoms. The highest BCUT2D eigenvalue weighted by molar-refractivity contribution is 5.70. The molecule has 4 nitrogen and oxygen atoms in total. The van der Waals surface area contributed by atoms with Crippen molar-refractivity contribution in [2.24, 2.45) is 11.7 Å². The van der Waals surface area contributed by atoms with Crippen molar-refractivity contribution in [1.82, 2.24) is 15.0 Å². The molecule has 1 fully saturated rings. The van der Waals surface area contributed by atoms with E-state index in [1.165, 1.54) is 12.8 Å². The molecule has 3 N–H and O–H groups in total. The molecule has 0 atom stereocenters. The van der Waals surface area contributed by atoms with Crippen LogP contribution in [0.2, 0.25) is 0 Å². The fourth-order valence-electron chi connectivity index (χ4n) is 2.74. The molecule has 0 bridgehead atoms. The van der Waals surface area contributed by atoms with Crippen LogP contribution in [0.4, 0.5) is 0 Å². The third kappa shape index (κ3) is 1.90. The lowest BCUT2D eigenvalue weighted by Gasteiger charge is -2.34. The van der Waals surface area contributed by atoms with E-state index < -0.39 is 0 Å². The SMILES string of the molecule is Cc1ccc2[nH]c(C3(N)CCC(C)CC3)nc2n1. The van der Waals surface area contributed by atoms with Crippen LogP contribution in [-0.2, 0) is 5.54 Å². The fraction of sp³-hybridized carbons (Fsp3) is 0.571. The Morgan fingerprint density at radius 3 is 2.72 bits per heavy atom. The van der Waals surface area contributed by atoms with Gasteiger partial charge >= 0.3 is 0 Å². The van der Waals surface area contributed by atoms with Crippen molar-refractivity contribution in [3.8, 4) is 0 Å². The van der Waals surface area contributed by atoms with Gasteiger partial charge in [0.05, 0.1) is 11.1 Å². The van der Waals surface area contributed by atoms with E-state index in [1.807, 2.05) is 19.1 Å². The zero-order valence-electron chi connectivity index (χ0n) is 11.0. The molecule has 0 amide bonds. The van der Waals surface area contributed by atoms with Gasteiger partial charge in [-0.1, -0.05) is 6.92 Å². The van der Waals surface area contributed by atoms with Crippen LogP contribution in [0.25, 0.3) is 11.2 Å². The Morgan fingerprint density at radius 1 is 1.28 bits per heavy atom. The van der Waals surface area contributed by atoms with Crippen molar-refractivity contribution >= 4 is 11.2 Å². The summed E-state index contributed by atoms with van der Waals surface area (Å²) in [6.45, 7) is 4.28. The van der Waals surface area contributed by atoms with E-state index in [1.54, 1.807) is 0 Å². The molecule has 1 aliphatic rings. The topological polar surface area (TPSA) is 67.6 Å². The maximum absolute atomic E-state index is 6.52. The molecule has 2 aromatic heterocycles. The smallest absolute Gasteiger partial charge is 0.178 e. The van der Waals surface area contributed by atoms with Gasteiger partial charge in [0.2, 0.25) is 0 Å². The highest BCUT2D eigenvalue weighted by atomic mass is 15.0. The lowest BCUT2D eigenvalue weighted by atomic mass is 9.77. The Hall–Kier alpha value is -1.42. The summed E-state index contributed by atoms with van der Waals surface area (Å²) in [5.74, 6) is 1.69. The van der Waals surface area contributed by atoms with Crippen LogP contribution in [-0.4, -0.2) is 15.0 Å². The largest absolute Gasteiger partial charge is 0.339 e. The van der Waals surface area contributed by atoms with Crippen molar-refractivity contribution < 1.29 is 0 Å². The Labute approximate surface area is 107 Å². The third-order valence-electron chi connectivity index (χ3n) is 4.12. The number of nitrogens with two attached hydrogens (primary N) is 1. The maximum atomic E-state index is 6.52. The van der Waals surface area contributed by atoms with Crippen LogP contribution < -0.4 is 5.73 Å². The minimum Gasteiger partial charge on any atom is -0.339 e. The standard InChI is InChI=1S/C14H20N4/c1-9-5-7-14(15,8-6-9)13-17-11-4-3-10(2)16-12(11)18-13/h3-4,9H,5-8,15H2,1-2H3,(H,16,17,18). The van der Waals surface area contributed by atoms with Gasteiger partial charge in [-0.15, -0.1) is 0 Å². The molecule has 0 radical (unpaired) electrons. The van der Waals surface area contributed by atoms with E-state index in [-0.39, 0.29) is 5.54 Å². The van der Waals surface area contributed by atoms with Crippen molar-refractivity contribution in [1.29, 1.82) is 0 Å². The lowest BCUT2D eigenvalue weighted by Crippen LogP contribution is -2.41. The predicted octanol–water partition coefficient (Wildman–Crippen LogP) is 2.63. The van der Waals surface area contributed by atoms with Gasteiger partial charge in [0.15, 0.2) is 5.65 Å². The maximum Gasteiger partial charge on any atom is 0.178 e. The molecular formula is C14H20N4. The van der Waals surface area contributed by atoms with Gasteiger partial charge < -0.3 is 10.7 Å². The second-order valence-corrected chi connectivity index (χ2v) is 5.75. The van der Waals surface area contributed by atoms with Gasteiger partial charge in [0, 0.05) is 5.69 Å². The zero-order chi connectivity index (χ0) is 12.8. The Kier molecular flexibility index (Phi) is 2.63. The number of aryl methyl sites for hydroxylation is 1. The Balaban J connectivity index is 1.98. The molecule has 0 aromatic carbocycles. The minimum atomic E-state index is -0.291. The number of aromatic amines is 1. The molecule has 18 heavy (non-hydrogen) atoms. The number of pyridine rings is 1. The zero-order valence-corrected chi connectivity index (χ0v) is 11.0. The summed E-state index contributed by atoms with van der Waals surface area (Å²) in [4.78, 5) is 12.4. The monoisotopic (exact) mass is 244 g/mol. The Bertz CT molecular complexity index is 564. The van der Waals surface area contributed by atoms with E-state index in [9.17, 15) is 0 Å². The Morgan fingerprint density at radius 2 is 2.00 bits per heavy atom. The third-order valence-corrected chi connectivity index (χ3v) is 4.12. The van der Waals surface area contributed by atoms with Gasteiger partial charge in [-0.3, -0.25) is 0 Å². The van der Waals surface area contributed by atoms with E-state index in [0.717, 1.165) is 41.4 Å². The summed E-state index contributed by atoms with van der Waals surface area (Å²) in [5, 5.41) is 0. The van der Waals surface area contributed by atoms with E-state index >= 15 is 0 Å². The molecule has 1 aliphatic carbocycles. The summed E-state index contributed by atoms with van der Waals surface area (Å²) < 4.78 is 0. The van der Waals surface area contributed by atoms with Crippen molar-refractivity contribution in [2.45, 2.75) is 45.1 Å². The number of nitrogens with zero attached hydrogens (tertiary/aromatic N) is 2. The summed E-state index contributed by atoms with van der Waals surface area (Å²) >= 11 is 0. The molecule has 0 saturated heterocycles. The first-order valence-electron chi connectivity index (χ1n) is 6.69. The normalized spacial score (nSPS) is 28.7. The van der Waals surface area contributed by atoms with Crippen LogP contribution >= 0.6 is 0 Å². The van der Waals surface area contributed by atoms with Gasteiger partial charge in [-0.05, 0) is 50.7 Å². The summed E-state index contributed by atoms with van der Waals surface area (Å²) in [6, 6.07) is 4.03. The van der Waals surface area contributed by atoms with Crippen molar-refractivity contribution in [2.75, 3.05) is 0 Å². The second kappa shape index (κ2) is 4.05. The number of imidazole rings is 1. The van der Waals surface area contributed by atoms with Crippen LogP contribution in [0.5, 0.6) is 0 Å². The first-order valence-corrected chi connectivity index (χ1v) is 6.69. The summed E-state index contributed by atoms with van der Waals surface area (Å²) in [5.41, 5.74) is 8.99. The molecule has 0 aliphatic heterocycles. The molecule has 3 rings (SSSR count). The molecular weight excluding hydrogens is 224 g/mol. The van der Waals surface area contributed by atoms with Crippen LogP contribution in [0.1, 0.15) is 44.1 Å². The first-order chi connectivity index (χ1) is 8.57. The average molecular weight is 244 g/mol. The second-order valence-electron chi connectivity index (χ2n) is 5.75. The number of rotatable bonds is 1. The highest BCUT2D eigenvalue weighted by Crippen LogP contribution is 2.36. The number of fused-ring (bicyclic) bond motifs is 1. The summed E-state index contributed by atoms with van der Waals surface area (Å²) in [7, 11) is 0. The fourth-order valence-corrected chi connectivity index (χ4v) is 2.74. The highest BCUT2D eigenvalue weighted by Gasteiger charge is 2.34. The number of aromatic nitrogens is 3. The predicted molar refractivity (Wildman–Crippen MR) is 72.1 cm³/mol. The summed E-state index contributed by atoms with van der Waals surface area (Å²) in [6.07, 6.45) is 4.37. The van der Waals surface area contributed by atoms with E-state index in [0.29, 0.717) is 0 Å². The quantitative estimate of drug-likeness (QED) is 0.810. The van der Waals surface area contributed by atoms with E-state index in [2.05, 4.69) is 21.9 Å².